The fraction of sp³-hybridized carbons (Fsp3) is 0.286. The van der Waals surface area contributed by atoms with E-state index in [0.29, 0.717) is 43.4 Å². The minimum atomic E-state index is -0.619. The van der Waals surface area contributed by atoms with Gasteiger partial charge < -0.3 is 28.6 Å². The lowest BCUT2D eigenvalue weighted by Gasteiger charge is -2.29. The second-order valence-electron chi connectivity index (χ2n) is 8.12. The summed E-state index contributed by atoms with van der Waals surface area (Å²) in [6.45, 7) is 1.15. The molecule has 1 heterocycles. The molecule has 3 aromatic rings. The van der Waals surface area contributed by atoms with Crippen molar-refractivity contribution in [2.75, 3.05) is 40.6 Å². The van der Waals surface area contributed by atoms with Gasteiger partial charge in [-0.3, -0.25) is 4.79 Å². The summed E-state index contributed by atoms with van der Waals surface area (Å²) in [4.78, 5) is 27.2. The van der Waals surface area contributed by atoms with Gasteiger partial charge in [0.2, 0.25) is 0 Å². The van der Waals surface area contributed by atoms with E-state index in [1.54, 1.807) is 43.4 Å². The van der Waals surface area contributed by atoms with Gasteiger partial charge in [-0.25, -0.2) is 4.79 Å². The molecule has 8 heteroatoms. The van der Waals surface area contributed by atoms with Gasteiger partial charge in [0.25, 0.3) is 5.91 Å². The minimum absolute atomic E-state index is 0.250. The number of carbonyl (C=O) groups is 2. The van der Waals surface area contributed by atoms with Crippen LogP contribution in [0.3, 0.4) is 0 Å². The maximum atomic E-state index is 12.8. The van der Waals surface area contributed by atoms with Crippen LogP contribution in [0.4, 0.5) is 0 Å². The fourth-order valence-corrected chi connectivity index (χ4v) is 3.98. The van der Waals surface area contributed by atoms with Gasteiger partial charge in [-0.2, -0.15) is 0 Å². The van der Waals surface area contributed by atoms with Gasteiger partial charge in [0, 0.05) is 13.1 Å². The van der Waals surface area contributed by atoms with Crippen molar-refractivity contribution in [3.05, 3.63) is 83.4 Å². The maximum Gasteiger partial charge on any atom is 0.342 e. The Morgan fingerprint density at radius 1 is 0.806 bits per heavy atom. The first-order chi connectivity index (χ1) is 17.6. The van der Waals surface area contributed by atoms with E-state index in [9.17, 15) is 9.59 Å². The molecule has 36 heavy (non-hydrogen) atoms. The van der Waals surface area contributed by atoms with E-state index in [-0.39, 0.29) is 24.7 Å². The number of benzene rings is 3. The molecule has 188 valence electrons. The molecule has 0 unspecified atom stereocenters. The number of ether oxygens (including phenoxy) is 5. The highest BCUT2D eigenvalue weighted by Gasteiger charge is 2.24. The third-order valence-electron chi connectivity index (χ3n) is 5.86. The molecule has 1 aliphatic rings. The van der Waals surface area contributed by atoms with Gasteiger partial charge in [-0.05, 0) is 53.9 Å². The average molecular weight is 492 g/mol. The number of para-hydroxylation sites is 2. The first kappa shape index (κ1) is 24.9. The third-order valence-corrected chi connectivity index (χ3v) is 5.86. The highest BCUT2D eigenvalue weighted by Crippen LogP contribution is 2.33. The molecule has 1 amide bonds. The first-order valence-electron chi connectivity index (χ1n) is 11.7. The molecule has 0 saturated carbocycles. The molecule has 0 atom stereocenters. The van der Waals surface area contributed by atoms with Gasteiger partial charge in [0.1, 0.15) is 30.3 Å². The maximum absolute atomic E-state index is 12.8. The molecule has 0 fully saturated rings. The lowest BCUT2D eigenvalue weighted by Crippen LogP contribution is -2.38. The number of hydrogen-bond donors (Lipinski definition) is 0. The number of fused-ring (bicyclic) bond motifs is 1. The Morgan fingerprint density at radius 2 is 1.47 bits per heavy atom. The highest BCUT2D eigenvalue weighted by atomic mass is 16.5. The molecular formula is C28H29NO7. The van der Waals surface area contributed by atoms with Crippen molar-refractivity contribution in [2.24, 2.45) is 0 Å². The van der Waals surface area contributed by atoms with E-state index < -0.39 is 5.97 Å². The van der Waals surface area contributed by atoms with Crippen LogP contribution in [0.2, 0.25) is 0 Å². The number of hydrogen-bond acceptors (Lipinski definition) is 7. The molecule has 0 radical (unpaired) electrons. The van der Waals surface area contributed by atoms with Gasteiger partial charge in [0.15, 0.2) is 18.1 Å². The Labute approximate surface area is 210 Å². The number of rotatable bonds is 10. The molecule has 8 nitrogen and oxygen atoms in total. The van der Waals surface area contributed by atoms with Crippen LogP contribution in [0.25, 0.3) is 0 Å². The monoisotopic (exact) mass is 491 g/mol. The van der Waals surface area contributed by atoms with E-state index in [1.807, 2.05) is 42.5 Å². The topological polar surface area (TPSA) is 83.5 Å². The zero-order valence-electron chi connectivity index (χ0n) is 20.4. The fourth-order valence-electron chi connectivity index (χ4n) is 3.98. The van der Waals surface area contributed by atoms with Crippen LogP contribution < -0.4 is 18.9 Å². The van der Waals surface area contributed by atoms with Crippen molar-refractivity contribution in [2.45, 2.75) is 13.0 Å². The van der Waals surface area contributed by atoms with E-state index in [4.69, 9.17) is 23.7 Å². The minimum Gasteiger partial charge on any atom is -0.493 e. The molecular weight excluding hydrogens is 462 g/mol. The summed E-state index contributed by atoms with van der Waals surface area (Å²) in [5.41, 5.74) is 2.34. The zero-order valence-corrected chi connectivity index (χ0v) is 20.4. The largest absolute Gasteiger partial charge is 0.493 e. The molecule has 0 N–H and O–H groups in total. The quantitative estimate of drug-likeness (QED) is 0.314. The van der Waals surface area contributed by atoms with Crippen molar-refractivity contribution in [1.82, 2.24) is 4.90 Å². The number of amides is 1. The SMILES string of the molecule is COc1cc2c(cc1OC)CN(C(=O)COC(=O)c1ccccc1OCCOc1ccccc1)CC2. The van der Waals surface area contributed by atoms with Crippen LogP contribution in [0.1, 0.15) is 21.5 Å². The summed E-state index contributed by atoms with van der Waals surface area (Å²) in [6, 6.07) is 20.0. The van der Waals surface area contributed by atoms with Crippen molar-refractivity contribution in [3.8, 4) is 23.0 Å². The second-order valence-corrected chi connectivity index (χ2v) is 8.12. The van der Waals surface area contributed by atoms with E-state index >= 15 is 0 Å². The smallest absolute Gasteiger partial charge is 0.342 e. The zero-order chi connectivity index (χ0) is 25.3. The van der Waals surface area contributed by atoms with Gasteiger partial charge in [-0.15, -0.1) is 0 Å². The van der Waals surface area contributed by atoms with E-state index in [1.165, 1.54) is 0 Å². The highest BCUT2D eigenvalue weighted by molar-refractivity contribution is 5.94. The lowest BCUT2D eigenvalue weighted by atomic mass is 9.99. The Bertz CT molecular complexity index is 1200. The molecule has 1 aliphatic heterocycles. The van der Waals surface area contributed by atoms with Crippen molar-refractivity contribution >= 4 is 11.9 Å². The molecule has 0 aliphatic carbocycles. The standard InChI is InChI=1S/C28H29NO7/c1-32-25-16-20-12-13-29(18-21(20)17-26(25)33-2)27(30)19-36-28(31)23-10-6-7-11-24(23)35-15-14-34-22-8-4-3-5-9-22/h3-11,16-17H,12-15,18-19H2,1-2H3. The average Bonchev–Trinajstić information content (AvgIpc) is 2.93. The van der Waals surface area contributed by atoms with Crippen LogP contribution in [-0.2, 0) is 22.5 Å². The molecule has 0 saturated heterocycles. The second kappa shape index (κ2) is 12.0. The Kier molecular flexibility index (Phi) is 8.28. The molecule has 0 spiro atoms. The molecule has 0 bridgehead atoms. The predicted molar refractivity (Wildman–Crippen MR) is 133 cm³/mol. The number of esters is 1. The van der Waals surface area contributed by atoms with Crippen molar-refractivity contribution < 1.29 is 33.3 Å². The summed E-state index contributed by atoms with van der Waals surface area (Å²) in [6.07, 6.45) is 0.678. The van der Waals surface area contributed by atoms with E-state index in [2.05, 4.69) is 0 Å². The third kappa shape index (κ3) is 6.07. The van der Waals surface area contributed by atoms with Gasteiger partial charge >= 0.3 is 5.97 Å². The number of methoxy groups -OCH3 is 2. The molecule has 0 aromatic heterocycles. The van der Waals surface area contributed by atoms with Gasteiger partial charge in [0.05, 0.1) is 14.2 Å². The normalized spacial score (nSPS) is 12.3. The predicted octanol–water partition coefficient (Wildman–Crippen LogP) is 3.90. The first-order valence-corrected chi connectivity index (χ1v) is 11.7. The summed E-state index contributed by atoms with van der Waals surface area (Å²) < 4.78 is 27.4. The van der Waals surface area contributed by atoms with Crippen molar-refractivity contribution in [3.63, 3.8) is 0 Å². The van der Waals surface area contributed by atoms with Gasteiger partial charge in [-0.1, -0.05) is 30.3 Å². The lowest BCUT2D eigenvalue weighted by molar-refractivity contribution is -0.135. The van der Waals surface area contributed by atoms with Crippen LogP contribution in [0, 0.1) is 0 Å². The Morgan fingerprint density at radius 3 is 2.22 bits per heavy atom. The number of nitrogens with zero attached hydrogens (tertiary/aromatic N) is 1. The molecule has 3 aromatic carbocycles. The van der Waals surface area contributed by atoms with Crippen LogP contribution in [0.15, 0.2) is 66.7 Å². The number of carbonyl (C=O) groups excluding carboxylic acids is 2. The van der Waals surface area contributed by atoms with Crippen molar-refractivity contribution in [1.29, 1.82) is 0 Å². The van der Waals surface area contributed by atoms with Crippen LogP contribution in [0.5, 0.6) is 23.0 Å². The van der Waals surface area contributed by atoms with Crippen LogP contribution in [-0.4, -0.2) is 57.4 Å². The van der Waals surface area contributed by atoms with E-state index in [0.717, 1.165) is 16.9 Å². The summed E-state index contributed by atoms with van der Waals surface area (Å²) in [5.74, 6) is 1.51. The summed E-state index contributed by atoms with van der Waals surface area (Å²) in [5, 5.41) is 0. The summed E-state index contributed by atoms with van der Waals surface area (Å²) in [7, 11) is 3.17. The molecule has 4 rings (SSSR count). The Hall–Kier alpha value is -4.20. The van der Waals surface area contributed by atoms with Crippen LogP contribution >= 0.6 is 0 Å². The summed E-state index contributed by atoms with van der Waals surface area (Å²) >= 11 is 0. The Balaban J connectivity index is 1.30.